The Morgan fingerprint density at radius 1 is 1.06 bits per heavy atom. The third-order valence-corrected chi connectivity index (χ3v) is 5.51. The highest BCUT2D eigenvalue weighted by atomic mass is 35.5. The van der Waals surface area contributed by atoms with E-state index in [1.807, 2.05) is 71.3 Å². The highest BCUT2D eigenvalue weighted by Crippen LogP contribution is 2.32. The summed E-state index contributed by atoms with van der Waals surface area (Å²) < 4.78 is 12.8. The first-order valence-electron chi connectivity index (χ1n) is 10.0. The Hall–Kier alpha value is -3.51. The number of benzene rings is 2. The zero-order valence-electron chi connectivity index (χ0n) is 16.7. The predicted octanol–water partition coefficient (Wildman–Crippen LogP) is 4.63. The summed E-state index contributed by atoms with van der Waals surface area (Å²) in [6.07, 6.45) is 2.89. The Bertz CT molecular complexity index is 1250. The van der Waals surface area contributed by atoms with E-state index in [1.165, 1.54) is 0 Å². The molecule has 2 aromatic carbocycles. The standard InChI is InChI=1S/C24H20ClN3O3/c25-18-7-5-17(6-8-18)24-19(28-12-2-1-3-22(28)27-24)9-11-23(29)26-14-16-4-10-20-21(13-16)31-15-30-20/h1-8,10,12-13H,9,11,14-15H2,(H,26,29). The molecule has 0 saturated heterocycles. The molecule has 2 aromatic heterocycles. The summed E-state index contributed by atoms with van der Waals surface area (Å²) in [5.74, 6) is 1.42. The maximum atomic E-state index is 12.6. The lowest BCUT2D eigenvalue weighted by molar-refractivity contribution is -0.121. The van der Waals surface area contributed by atoms with Crippen molar-refractivity contribution in [2.45, 2.75) is 19.4 Å². The van der Waals surface area contributed by atoms with Crippen molar-refractivity contribution in [2.75, 3.05) is 6.79 Å². The van der Waals surface area contributed by atoms with Crippen LogP contribution in [-0.4, -0.2) is 22.1 Å². The van der Waals surface area contributed by atoms with E-state index in [1.54, 1.807) is 0 Å². The average Bonchev–Trinajstić information content (AvgIpc) is 3.41. The number of nitrogens with zero attached hydrogens (tertiary/aromatic N) is 2. The largest absolute Gasteiger partial charge is 0.454 e. The van der Waals surface area contributed by atoms with Gasteiger partial charge in [-0.2, -0.15) is 0 Å². The molecule has 0 spiro atoms. The van der Waals surface area contributed by atoms with Crippen molar-refractivity contribution in [3.05, 3.63) is 83.1 Å². The third-order valence-electron chi connectivity index (χ3n) is 5.26. The molecule has 0 aliphatic carbocycles. The molecule has 0 radical (unpaired) electrons. The van der Waals surface area contributed by atoms with Crippen LogP contribution in [0.2, 0.25) is 5.02 Å². The minimum absolute atomic E-state index is 0.0226. The second kappa shape index (κ2) is 8.32. The molecule has 3 heterocycles. The SMILES string of the molecule is O=C(CCc1c(-c2ccc(Cl)cc2)nc2ccccn12)NCc1ccc2c(c1)OCO2. The van der Waals surface area contributed by atoms with Crippen molar-refractivity contribution in [1.29, 1.82) is 0 Å². The molecule has 0 atom stereocenters. The second-order valence-corrected chi connectivity index (χ2v) is 7.74. The van der Waals surface area contributed by atoms with Gasteiger partial charge in [0.05, 0.1) is 11.4 Å². The van der Waals surface area contributed by atoms with Gasteiger partial charge in [-0.1, -0.05) is 35.9 Å². The van der Waals surface area contributed by atoms with Crippen LogP contribution < -0.4 is 14.8 Å². The number of ether oxygens (including phenoxy) is 2. The first-order valence-corrected chi connectivity index (χ1v) is 10.4. The molecule has 1 aliphatic heterocycles. The molecule has 1 N–H and O–H groups in total. The monoisotopic (exact) mass is 433 g/mol. The van der Waals surface area contributed by atoms with Gasteiger partial charge in [-0.3, -0.25) is 4.79 Å². The summed E-state index contributed by atoms with van der Waals surface area (Å²) in [6.45, 7) is 0.674. The molecule has 1 aliphatic rings. The molecule has 0 bridgehead atoms. The van der Waals surface area contributed by atoms with E-state index in [-0.39, 0.29) is 12.7 Å². The number of nitrogens with one attached hydrogen (secondary N) is 1. The quantitative estimate of drug-likeness (QED) is 0.481. The van der Waals surface area contributed by atoms with Crippen molar-refractivity contribution >= 4 is 23.2 Å². The van der Waals surface area contributed by atoms with Crippen LogP contribution in [0.4, 0.5) is 0 Å². The topological polar surface area (TPSA) is 64.9 Å². The van der Waals surface area contributed by atoms with Gasteiger partial charge in [0.15, 0.2) is 11.5 Å². The Morgan fingerprint density at radius 2 is 1.90 bits per heavy atom. The second-order valence-electron chi connectivity index (χ2n) is 7.31. The third kappa shape index (κ3) is 4.07. The zero-order valence-corrected chi connectivity index (χ0v) is 17.4. The van der Waals surface area contributed by atoms with Gasteiger partial charge in [0.2, 0.25) is 12.7 Å². The summed E-state index contributed by atoms with van der Waals surface area (Å²) in [5, 5.41) is 3.66. The van der Waals surface area contributed by atoms with Crippen LogP contribution >= 0.6 is 11.6 Å². The molecule has 4 aromatic rings. The van der Waals surface area contributed by atoms with Crippen LogP contribution in [0.3, 0.4) is 0 Å². The molecule has 0 fully saturated rings. The van der Waals surface area contributed by atoms with Crippen LogP contribution in [0.1, 0.15) is 17.7 Å². The van der Waals surface area contributed by atoms with E-state index in [0.29, 0.717) is 30.2 Å². The maximum absolute atomic E-state index is 12.6. The van der Waals surface area contributed by atoms with E-state index in [0.717, 1.165) is 33.9 Å². The molecule has 0 saturated carbocycles. The number of fused-ring (bicyclic) bond motifs is 2. The Morgan fingerprint density at radius 3 is 2.77 bits per heavy atom. The highest BCUT2D eigenvalue weighted by molar-refractivity contribution is 6.30. The van der Waals surface area contributed by atoms with Crippen LogP contribution in [0.25, 0.3) is 16.9 Å². The Balaban J connectivity index is 1.30. The molecule has 31 heavy (non-hydrogen) atoms. The summed E-state index contributed by atoms with van der Waals surface area (Å²) in [5.41, 5.74) is 4.66. The van der Waals surface area contributed by atoms with Gasteiger partial charge in [-0.05, 0) is 48.4 Å². The molecule has 5 rings (SSSR count). The van der Waals surface area contributed by atoms with E-state index < -0.39 is 0 Å². The number of hydrogen-bond acceptors (Lipinski definition) is 4. The highest BCUT2D eigenvalue weighted by Gasteiger charge is 2.16. The van der Waals surface area contributed by atoms with Gasteiger partial charge in [0, 0.05) is 29.7 Å². The molecular weight excluding hydrogens is 414 g/mol. The maximum Gasteiger partial charge on any atom is 0.231 e. The number of imidazole rings is 1. The fourth-order valence-corrected chi connectivity index (χ4v) is 3.82. The van der Waals surface area contributed by atoms with Crippen molar-refractivity contribution in [2.24, 2.45) is 0 Å². The molecule has 7 heteroatoms. The lowest BCUT2D eigenvalue weighted by Crippen LogP contribution is -2.23. The van der Waals surface area contributed by atoms with E-state index in [9.17, 15) is 4.79 Å². The van der Waals surface area contributed by atoms with E-state index in [2.05, 4.69) is 5.32 Å². The minimum Gasteiger partial charge on any atom is -0.454 e. The number of carbonyl (C=O) groups excluding carboxylic acids is 1. The van der Waals surface area contributed by atoms with Crippen LogP contribution in [0.5, 0.6) is 11.5 Å². The normalized spacial score (nSPS) is 12.3. The first kappa shape index (κ1) is 19.5. The van der Waals surface area contributed by atoms with Gasteiger partial charge in [0.1, 0.15) is 5.65 Å². The fraction of sp³-hybridized carbons (Fsp3) is 0.167. The van der Waals surface area contributed by atoms with E-state index in [4.69, 9.17) is 26.1 Å². The predicted molar refractivity (Wildman–Crippen MR) is 118 cm³/mol. The van der Waals surface area contributed by atoms with Crippen molar-refractivity contribution < 1.29 is 14.3 Å². The van der Waals surface area contributed by atoms with Gasteiger partial charge in [-0.15, -0.1) is 0 Å². The van der Waals surface area contributed by atoms with Gasteiger partial charge in [-0.25, -0.2) is 4.98 Å². The summed E-state index contributed by atoms with van der Waals surface area (Å²) >= 11 is 6.04. The number of hydrogen-bond donors (Lipinski definition) is 1. The lowest BCUT2D eigenvalue weighted by Gasteiger charge is -2.08. The first-order chi connectivity index (χ1) is 15.2. The summed E-state index contributed by atoms with van der Waals surface area (Å²) in [7, 11) is 0. The average molecular weight is 434 g/mol. The minimum atomic E-state index is -0.0226. The van der Waals surface area contributed by atoms with Crippen LogP contribution in [0.15, 0.2) is 66.9 Å². The molecule has 0 unspecified atom stereocenters. The van der Waals surface area contributed by atoms with Crippen molar-refractivity contribution in [3.8, 4) is 22.8 Å². The Labute approximate surface area is 184 Å². The number of amides is 1. The number of halogens is 1. The van der Waals surface area contributed by atoms with E-state index >= 15 is 0 Å². The lowest BCUT2D eigenvalue weighted by atomic mass is 10.1. The van der Waals surface area contributed by atoms with Crippen LogP contribution in [-0.2, 0) is 17.8 Å². The molecule has 1 amide bonds. The number of carbonyl (C=O) groups is 1. The number of aryl methyl sites for hydroxylation is 1. The Kier molecular flexibility index (Phi) is 5.22. The van der Waals surface area contributed by atoms with Crippen molar-refractivity contribution in [1.82, 2.24) is 14.7 Å². The molecule has 156 valence electrons. The summed E-state index contributed by atoms with van der Waals surface area (Å²) in [4.78, 5) is 17.3. The van der Waals surface area contributed by atoms with Crippen molar-refractivity contribution in [3.63, 3.8) is 0 Å². The van der Waals surface area contributed by atoms with Crippen LogP contribution in [0, 0.1) is 0 Å². The number of pyridine rings is 1. The number of rotatable bonds is 6. The smallest absolute Gasteiger partial charge is 0.231 e. The molecular formula is C24H20ClN3O3. The zero-order chi connectivity index (χ0) is 21.2. The number of aromatic nitrogens is 2. The molecule has 6 nitrogen and oxygen atoms in total. The summed E-state index contributed by atoms with van der Waals surface area (Å²) in [6, 6.07) is 19.2. The van der Waals surface area contributed by atoms with Gasteiger partial charge >= 0.3 is 0 Å². The van der Waals surface area contributed by atoms with Gasteiger partial charge < -0.3 is 19.2 Å². The van der Waals surface area contributed by atoms with Gasteiger partial charge in [0.25, 0.3) is 0 Å². The fourth-order valence-electron chi connectivity index (χ4n) is 3.70.